The molecule has 3 fully saturated rings. The van der Waals surface area contributed by atoms with Gasteiger partial charge in [-0.3, -0.25) is 14.4 Å². The van der Waals surface area contributed by atoms with Gasteiger partial charge >= 0.3 is 0 Å². The summed E-state index contributed by atoms with van der Waals surface area (Å²) in [5.74, 6) is 0.801. The van der Waals surface area contributed by atoms with Crippen molar-refractivity contribution in [3.8, 4) is 0 Å². The second kappa shape index (κ2) is 6.56. The van der Waals surface area contributed by atoms with Crippen LogP contribution >= 0.6 is 0 Å². The third kappa shape index (κ3) is 3.06. The fourth-order valence-corrected chi connectivity index (χ4v) is 4.58. The summed E-state index contributed by atoms with van der Waals surface area (Å²) in [6.45, 7) is 3.02. The average molecular weight is 357 g/mol. The first-order valence-electron chi connectivity index (χ1n) is 9.70. The average Bonchev–Trinajstić information content (AvgIpc) is 2.89. The molecule has 0 atom stereocenters. The number of carbonyl (C=O) groups is 2. The van der Waals surface area contributed by atoms with Gasteiger partial charge in [0.05, 0.1) is 0 Å². The number of aryl methyl sites for hydroxylation is 1. The van der Waals surface area contributed by atoms with E-state index in [-0.39, 0.29) is 28.4 Å². The number of hydrogen-bond donors (Lipinski definition) is 0. The highest BCUT2D eigenvalue weighted by atomic mass is 16.2. The van der Waals surface area contributed by atoms with E-state index in [9.17, 15) is 14.4 Å². The van der Waals surface area contributed by atoms with Crippen molar-refractivity contribution in [3.05, 3.63) is 34.2 Å². The Bertz CT molecular complexity index is 773. The Hall–Kier alpha value is -2.11. The minimum absolute atomic E-state index is 0.0270. The number of nitrogens with zero attached hydrogens (tertiary/aromatic N) is 3. The molecule has 3 heterocycles. The predicted molar refractivity (Wildman–Crippen MR) is 97.8 cm³/mol. The van der Waals surface area contributed by atoms with Gasteiger partial charge in [-0.15, -0.1) is 0 Å². The highest BCUT2D eigenvalue weighted by Crippen LogP contribution is 2.42. The molecule has 0 radical (unpaired) electrons. The molecule has 26 heavy (non-hydrogen) atoms. The zero-order valence-corrected chi connectivity index (χ0v) is 15.4. The van der Waals surface area contributed by atoms with Gasteiger partial charge in [0.1, 0.15) is 5.56 Å². The SMILES string of the molecule is Cn1cccc(C(=O)N2CCC3(CC2)CC(=O)N(CC2CCC2)C3)c1=O. The summed E-state index contributed by atoms with van der Waals surface area (Å²) in [6.07, 6.45) is 7.78. The van der Waals surface area contributed by atoms with E-state index >= 15 is 0 Å². The van der Waals surface area contributed by atoms with Crippen LogP contribution in [0.5, 0.6) is 0 Å². The molecule has 6 nitrogen and oxygen atoms in total. The van der Waals surface area contributed by atoms with Gasteiger partial charge in [0.25, 0.3) is 11.5 Å². The predicted octanol–water partition coefficient (Wildman–Crippen LogP) is 1.64. The number of hydrogen-bond acceptors (Lipinski definition) is 3. The maximum Gasteiger partial charge on any atom is 0.263 e. The lowest BCUT2D eigenvalue weighted by molar-refractivity contribution is -0.128. The summed E-state index contributed by atoms with van der Waals surface area (Å²) in [5.41, 5.74) is 0.0137. The largest absolute Gasteiger partial charge is 0.342 e. The fraction of sp³-hybridized carbons (Fsp3) is 0.650. The molecule has 1 aliphatic carbocycles. The number of pyridine rings is 1. The lowest BCUT2D eigenvalue weighted by Gasteiger charge is -2.39. The zero-order chi connectivity index (χ0) is 18.3. The number of rotatable bonds is 3. The van der Waals surface area contributed by atoms with E-state index in [0.717, 1.165) is 25.9 Å². The second-order valence-corrected chi connectivity index (χ2v) is 8.38. The van der Waals surface area contributed by atoms with Crippen LogP contribution in [0.1, 0.15) is 48.9 Å². The molecule has 0 aromatic carbocycles. The minimum Gasteiger partial charge on any atom is -0.342 e. The monoisotopic (exact) mass is 357 g/mol. The zero-order valence-electron chi connectivity index (χ0n) is 15.4. The molecule has 0 bridgehead atoms. The molecular weight excluding hydrogens is 330 g/mol. The third-order valence-corrected chi connectivity index (χ3v) is 6.57. The lowest BCUT2D eigenvalue weighted by atomic mass is 9.77. The number of likely N-dealkylation sites (tertiary alicyclic amines) is 2. The smallest absolute Gasteiger partial charge is 0.263 e. The molecule has 1 saturated carbocycles. The van der Waals surface area contributed by atoms with Crippen molar-refractivity contribution in [3.63, 3.8) is 0 Å². The summed E-state index contributed by atoms with van der Waals surface area (Å²) in [4.78, 5) is 41.2. The maximum absolute atomic E-state index is 12.7. The van der Waals surface area contributed by atoms with E-state index in [0.29, 0.717) is 25.4 Å². The molecule has 1 aromatic heterocycles. The molecule has 140 valence electrons. The van der Waals surface area contributed by atoms with Crippen molar-refractivity contribution >= 4 is 11.8 Å². The quantitative estimate of drug-likeness (QED) is 0.826. The molecule has 2 saturated heterocycles. The first-order chi connectivity index (χ1) is 12.5. The Morgan fingerprint density at radius 3 is 2.62 bits per heavy atom. The Labute approximate surface area is 153 Å². The lowest BCUT2D eigenvalue weighted by Crippen LogP contribution is -2.46. The van der Waals surface area contributed by atoms with Gasteiger partial charge in [-0.1, -0.05) is 6.42 Å². The number of piperidine rings is 1. The summed E-state index contributed by atoms with van der Waals surface area (Å²) < 4.78 is 1.44. The van der Waals surface area contributed by atoms with Crippen LogP contribution in [0.4, 0.5) is 0 Å². The second-order valence-electron chi connectivity index (χ2n) is 8.38. The van der Waals surface area contributed by atoms with E-state index in [1.165, 1.54) is 23.8 Å². The molecule has 4 rings (SSSR count). The summed E-state index contributed by atoms with van der Waals surface area (Å²) in [6, 6.07) is 3.34. The number of aromatic nitrogens is 1. The first-order valence-corrected chi connectivity index (χ1v) is 9.70. The highest BCUT2D eigenvalue weighted by molar-refractivity contribution is 5.94. The molecule has 1 aromatic rings. The van der Waals surface area contributed by atoms with Crippen molar-refractivity contribution in [1.29, 1.82) is 0 Å². The molecule has 0 N–H and O–H groups in total. The van der Waals surface area contributed by atoms with Crippen molar-refractivity contribution in [1.82, 2.24) is 14.4 Å². The van der Waals surface area contributed by atoms with Crippen LogP contribution in [0.25, 0.3) is 0 Å². The van der Waals surface area contributed by atoms with Gasteiger partial charge in [0.15, 0.2) is 0 Å². The van der Waals surface area contributed by atoms with E-state index in [4.69, 9.17) is 0 Å². The fourth-order valence-electron chi connectivity index (χ4n) is 4.58. The van der Waals surface area contributed by atoms with Crippen molar-refractivity contribution < 1.29 is 9.59 Å². The number of amides is 2. The maximum atomic E-state index is 12.7. The first kappa shape index (κ1) is 17.3. The summed E-state index contributed by atoms with van der Waals surface area (Å²) >= 11 is 0. The topological polar surface area (TPSA) is 62.6 Å². The summed E-state index contributed by atoms with van der Waals surface area (Å²) in [7, 11) is 1.66. The van der Waals surface area contributed by atoms with Crippen molar-refractivity contribution in [2.24, 2.45) is 18.4 Å². The van der Waals surface area contributed by atoms with Gasteiger partial charge in [-0.25, -0.2) is 0 Å². The van der Waals surface area contributed by atoms with Crippen molar-refractivity contribution in [2.45, 2.75) is 38.5 Å². The molecule has 2 aliphatic heterocycles. The van der Waals surface area contributed by atoms with Crippen LogP contribution in [0.2, 0.25) is 0 Å². The molecular formula is C20H27N3O3. The van der Waals surface area contributed by atoms with Crippen LogP contribution in [-0.2, 0) is 11.8 Å². The minimum atomic E-state index is -0.250. The van der Waals surface area contributed by atoms with Crippen LogP contribution < -0.4 is 5.56 Å². The Morgan fingerprint density at radius 1 is 1.23 bits per heavy atom. The Kier molecular flexibility index (Phi) is 4.37. The van der Waals surface area contributed by atoms with Crippen LogP contribution in [0.15, 0.2) is 23.1 Å². The summed E-state index contributed by atoms with van der Waals surface area (Å²) in [5, 5.41) is 0. The van der Waals surface area contributed by atoms with Gasteiger partial charge in [-0.05, 0) is 43.7 Å². The normalized spacial score (nSPS) is 22.7. The third-order valence-electron chi connectivity index (χ3n) is 6.57. The van der Waals surface area contributed by atoms with Gasteiger partial charge in [0.2, 0.25) is 5.91 Å². The van der Waals surface area contributed by atoms with E-state index in [1.54, 1.807) is 30.3 Å². The molecule has 2 amide bonds. The van der Waals surface area contributed by atoms with E-state index < -0.39 is 0 Å². The van der Waals surface area contributed by atoms with Crippen LogP contribution in [-0.4, -0.2) is 52.4 Å². The van der Waals surface area contributed by atoms with Crippen LogP contribution in [0.3, 0.4) is 0 Å². The van der Waals surface area contributed by atoms with Crippen molar-refractivity contribution in [2.75, 3.05) is 26.2 Å². The van der Waals surface area contributed by atoms with E-state index in [2.05, 4.69) is 4.90 Å². The van der Waals surface area contributed by atoms with Gasteiger partial charge in [-0.2, -0.15) is 0 Å². The van der Waals surface area contributed by atoms with Gasteiger partial charge in [0, 0.05) is 51.3 Å². The van der Waals surface area contributed by atoms with Gasteiger partial charge < -0.3 is 14.4 Å². The van der Waals surface area contributed by atoms with Crippen LogP contribution in [0, 0.1) is 11.3 Å². The molecule has 1 spiro atoms. The Morgan fingerprint density at radius 2 is 1.96 bits per heavy atom. The highest BCUT2D eigenvalue weighted by Gasteiger charge is 2.46. The standard InChI is InChI=1S/C20H27N3O3/c1-21-9-3-6-16(18(21)25)19(26)22-10-7-20(8-11-22)12-17(24)23(14-20)13-15-4-2-5-15/h3,6,9,15H,2,4-5,7-8,10-14H2,1H3. The Balaban J connectivity index is 1.39. The molecule has 0 unspecified atom stereocenters. The van der Waals surface area contributed by atoms with E-state index in [1.807, 2.05) is 0 Å². The number of carbonyl (C=O) groups excluding carboxylic acids is 2. The molecule has 6 heteroatoms. The molecule has 3 aliphatic rings.